The highest BCUT2D eigenvalue weighted by atomic mass is 16.6. The highest BCUT2D eigenvalue weighted by molar-refractivity contribution is 6.22. The minimum Gasteiger partial charge on any atom is -0.441 e. The molecule has 10 heteroatoms. The molecule has 2 amide bonds. The number of primary amides is 1. The summed E-state index contributed by atoms with van der Waals surface area (Å²) in [7, 11) is 2.91. The lowest BCUT2D eigenvalue weighted by atomic mass is 9.84. The Bertz CT molecular complexity index is 1120. The minimum atomic E-state index is -0.954. The summed E-state index contributed by atoms with van der Waals surface area (Å²) in [4.78, 5) is 50.2. The largest absolute Gasteiger partial charge is 0.441 e. The molecule has 2 rings (SSSR count). The van der Waals surface area contributed by atoms with Gasteiger partial charge in [0.25, 0.3) is 5.91 Å². The molecule has 1 unspecified atom stereocenters. The van der Waals surface area contributed by atoms with E-state index >= 15 is 0 Å². The molecule has 7 atom stereocenters. The molecule has 0 radical (unpaired) electrons. The van der Waals surface area contributed by atoms with Crippen molar-refractivity contribution in [3.05, 3.63) is 58.9 Å². The molecular formula is C29H40N2O8. The highest BCUT2D eigenvalue weighted by Gasteiger charge is 2.35. The van der Waals surface area contributed by atoms with Gasteiger partial charge in [0.2, 0.25) is 5.78 Å². The van der Waals surface area contributed by atoms with Crippen molar-refractivity contribution in [3.63, 3.8) is 0 Å². The maximum Gasteiger partial charge on any atom is 0.405 e. The molecule has 10 nitrogen and oxygen atoms in total. The molecular weight excluding hydrogens is 504 g/mol. The molecule has 1 aliphatic carbocycles. The molecule has 214 valence electrons. The van der Waals surface area contributed by atoms with Crippen LogP contribution in [0.5, 0.6) is 0 Å². The number of hydrogen-bond donors (Lipinski definition) is 3. The smallest absolute Gasteiger partial charge is 0.405 e. The summed E-state index contributed by atoms with van der Waals surface area (Å²) in [5.74, 6) is -2.63. The number of amides is 2. The number of nitrogens with two attached hydrogens (primary N) is 1. The van der Waals surface area contributed by atoms with Gasteiger partial charge in [-0.2, -0.15) is 0 Å². The molecule has 0 aromatic heterocycles. The van der Waals surface area contributed by atoms with Crippen LogP contribution in [0.25, 0.3) is 0 Å². The zero-order valence-electron chi connectivity index (χ0n) is 23.6. The second-order valence-electron chi connectivity index (χ2n) is 10.2. The Balaban J connectivity index is 2.58. The van der Waals surface area contributed by atoms with E-state index in [4.69, 9.17) is 19.9 Å². The van der Waals surface area contributed by atoms with Gasteiger partial charge in [0.05, 0.1) is 24.0 Å². The third kappa shape index (κ3) is 8.32. The number of nitrogens with one attached hydrogen (secondary N) is 1. The molecule has 2 aliphatic rings. The fourth-order valence-corrected chi connectivity index (χ4v) is 4.92. The van der Waals surface area contributed by atoms with Gasteiger partial charge in [-0.05, 0) is 37.8 Å². The second-order valence-corrected chi connectivity index (χ2v) is 10.2. The number of methoxy groups -OCH3 is 2. The molecule has 0 spiro atoms. The van der Waals surface area contributed by atoms with Crippen LogP contribution in [0.3, 0.4) is 0 Å². The van der Waals surface area contributed by atoms with Crippen molar-refractivity contribution < 1.29 is 38.5 Å². The van der Waals surface area contributed by atoms with Crippen LogP contribution < -0.4 is 11.1 Å². The quantitative estimate of drug-likeness (QED) is 0.362. The zero-order chi connectivity index (χ0) is 29.4. The Hall–Kier alpha value is -3.34. The van der Waals surface area contributed by atoms with Crippen molar-refractivity contribution in [1.82, 2.24) is 5.32 Å². The highest BCUT2D eigenvalue weighted by Crippen LogP contribution is 2.29. The first-order chi connectivity index (χ1) is 18.3. The average molecular weight is 545 g/mol. The van der Waals surface area contributed by atoms with Crippen LogP contribution in [-0.4, -0.2) is 67.3 Å². The van der Waals surface area contributed by atoms with E-state index in [0.717, 1.165) is 6.08 Å². The van der Waals surface area contributed by atoms with Gasteiger partial charge in [0, 0.05) is 43.3 Å². The van der Waals surface area contributed by atoms with Crippen LogP contribution in [0.15, 0.2) is 58.9 Å². The number of ether oxygens (including phenoxy) is 3. The maximum atomic E-state index is 13.3. The van der Waals surface area contributed by atoms with Crippen molar-refractivity contribution >= 4 is 23.6 Å². The number of Topliss-reactive ketones (excluding diaryl/α,β-unsaturated/α-hetero) is 1. The number of carbonyl (C=O) groups is 4. The molecule has 1 heterocycles. The van der Waals surface area contributed by atoms with Gasteiger partial charge < -0.3 is 30.4 Å². The summed E-state index contributed by atoms with van der Waals surface area (Å²) in [6, 6.07) is 0. The molecule has 0 aromatic rings. The Morgan fingerprint density at radius 2 is 1.69 bits per heavy atom. The number of ketones is 2. The van der Waals surface area contributed by atoms with Crippen LogP contribution in [0.4, 0.5) is 4.79 Å². The molecule has 1 aliphatic heterocycles. The Labute approximate surface area is 229 Å². The van der Waals surface area contributed by atoms with Crippen molar-refractivity contribution in [3.8, 4) is 0 Å². The van der Waals surface area contributed by atoms with E-state index in [1.165, 1.54) is 20.3 Å². The van der Waals surface area contributed by atoms with Gasteiger partial charge in [0.15, 0.2) is 5.78 Å². The number of aliphatic hydroxyl groups excluding tert-OH is 1. The van der Waals surface area contributed by atoms with Crippen molar-refractivity contribution in [2.75, 3.05) is 14.2 Å². The van der Waals surface area contributed by atoms with Crippen molar-refractivity contribution in [1.29, 1.82) is 0 Å². The lowest BCUT2D eigenvalue weighted by Gasteiger charge is -2.32. The molecule has 0 aromatic carbocycles. The summed E-state index contributed by atoms with van der Waals surface area (Å²) >= 11 is 0. The maximum absolute atomic E-state index is 13.3. The van der Waals surface area contributed by atoms with Crippen LogP contribution in [0.1, 0.15) is 41.0 Å². The van der Waals surface area contributed by atoms with E-state index in [2.05, 4.69) is 5.32 Å². The first kappa shape index (κ1) is 31.9. The Morgan fingerprint density at radius 3 is 2.28 bits per heavy atom. The van der Waals surface area contributed by atoms with Crippen LogP contribution >= 0.6 is 0 Å². The van der Waals surface area contributed by atoms with E-state index in [9.17, 15) is 24.3 Å². The van der Waals surface area contributed by atoms with Crippen molar-refractivity contribution in [2.45, 2.75) is 65.5 Å². The molecule has 0 saturated heterocycles. The number of aliphatic hydroxyl groups is 1. The monoisotopic (exact) mass is 544 g/mol. The number of fused-ring (bicyclic) bond motifs is 2. The fourth-order valence-electron chi connectivity index (χ4n) is 4.92. The van der Waals surface area contributed by atoms with Crippen LogP contribution in [0, 0.1) is 17.8 Å². The summed E-state index contributed by atoms with van der Waals surface area (Å²) in [6.45, 7) is 8.81. The van der Waals surface area contributed by atoms with E-state index in [1.807, 2.05) is 20.8 Å². The number of rotatable bonds is 3. The lowest BCUT2D eigenvalue weighted by Crippen LogP contribution is -2.40. The normalized spacial score (nSPS) is 35.0. The number of hydrogen-bond acceptors (Lipinski definition) is 8. The molecule has 39 heavy (non-hydrogen) atoms. The van der Waals surface area contributed by atoms with Gasteiger partial charge in [-0.25, -0.2) is 4.79 Å². The average Bonchev–Trinajstić information content (AvgIpc) is 2.87. The van der Waals surface area contributed by atoms with Gasteiger partial charge in [-0.3, -0.25) is 14.4 Å². The van der Waals surface area contributed by atoms with Crippen LogP contribution in [-0.2, 0) is 28.6 Å². The van der Waals surface area contributed by atoms with E-state index < -0.39 is 53.9 Å². The standard InChI is InChI=1S/C29H40N2O8/c1-15-9-8-10-16(2)28(35)31-22-14-20(32)13-21(25(22)34)27(38-7)19(5)12-23(37-6)24(33)17(3)11-18(4)26(15)39-29(30)36/h8-11,13-15,17,19,23-24,26-27,33H,12H2,1-7H3,(H2,30,36)(H,31,35)/b9-8-,16-10+,18-11+/t15-,17-,19-,23-,24+,26?,27+/m0/s1. The van der Waals surface area contributed by atoms with Crippen LogP contribution in [0.2, 0.25) is 0 Å². The molecule has 0 fully saturated rings. The zero-order valence-corrected chi connectivity index (χ0v) is 23.6. The molecule has 2 bridgehead atoms. The third-order valence-corrected chi connectivity index (χ3v) is 7.06. The Morgan fingerprint density at radius 1 is 1.03 bits per heavy atom. The summed E-state index contributed by atoms with van der Waals surface area (Å²) in [5, 5.41) is 13.7. The van der Waals surface area contributed by atoms with Gasteiger partial charge in [-0.1, -0.05) is 45.1 Å². The number of carbonyl (C=O) groups excluding carboxylic acids is 4. The summed E-state index contributed by atoms with van der Waals surface area (Å²) in [6.07, 6.45) is 5.26. The summed E-state index contributed by atoms with van der Waals surface area (Å²) < 4.78 is 16.6. The Kier molecular flexibility index (Phi) is 11.6. The minimum absolute atomic E-state index is 0.112. The van der Waals surface area contributed by atoms with E-state index in [-0.39, 0.29) is 28.7 Å². The van der Waals surface area contributed by atoms with E-state index in [0.29, 0.717) is 12.0 Å². The SMILES string of the molecule is CO[C@H]1C[C@H](C)[C@@H](OC)C2=CC(=O)C=C(NC(=O)/C(C)=C/C=C\[C@H](C)C(OC(N)=O)/C(C)=C/[C@H](C)[C@H]1O)C2=O. The number of allylic oxidation sites excluding steroid dienone is 5. The third-order valence-electron chi connectivity index (χ3n) is 7.06. The molecule has 4 N–H and O–H groups in total. The second kappa shape index (κ2) is 14.2. The van der Waals surface area contributed by atoms with E-state index in [1.54, 1.807) is 38.2 Å². The summed E-state index contributed by atoms with van der Waals surface area (Å²) in [5.41, 5.74) is 6.25. The fraction of sp³-hybridized carbons (Fsp3) is 0.517. The first-order valence-corrected chi connectivity index (χ1v) is 12.9. The predicted molar refractivity (Wildman–Crippen MR) is 145 cm³/mol. The van der Waals surface area contributed by atoms with Gasteiger partial charge >= 0.3 is 6.09 Å². The van der Waals surface area contributed by atoms with Crippen molar-refractivity contribution in [2.24, 2.45) is 23.5 Å². The predicted octanol–water partition coefficient (Wildman–Crippen LogP) is 2.68. The first-order valence-electron chi connectivity index (χ1n) is 12.9. The van der Waals surface area contributed by atoms with Gasteiger partial charge in [-0.15, -0.1) is 0 Å². The topological polar surface area (TPSA) is 154 Å². The van der Waals surface area contributed by atoms with Gasteiger partial charge in [0.1, 0.15) is 6.10 Å². The lowest BCUT2D eigenvalue weighted by molar-refractivity contribution is -0.120. The molecule has 0 saturated carbocycles.